The lowest BCUT2D eigenvalue weighted by Gasteiger charge is -2.22. The van der Waals surface area contributed by atoms with Gasteiger partial charge < -0.3 is 10.2 Å². The molecule has 0 aromatic heterocycles. The summed E-state index contributed by atoms with van der Waals surface area (Å²) in [5, 5.41) is 3.28. The molecule has 0 radical (unpaired) electrons. The summed E-state index contributed by atoms with van der Waals surface area (Å²) in [6.07, 6.45) is -0.0824. The first-order valence-corrected chi connectivity index (χ1v) is 7.99. The Kier molecular flexibility index (Phi) is 6.47. The normalized spacial score (nSPS) is 10.4. The molecular formula is C18H17ClF2N2O2. The lowest BCUT2D eigenvalue weighted by Crippen LogP contribution is -2.34. The topological polar surface area (TPSA) is 49.4 Å². The van der Waals surface area contributed by atoms with Gasteiger partial charge in [0.25, 0.3) is 0 Å². The molecule has 0 aliphatic rings. The summed E-state index contributed by atoms with van der Waals surface area (Å²) in [6.45, 7) is 1.36. The molecule has 0 aliphatic carbocycles. The zero-order valence-electron chi connectivity index (χ0n) is 13.6. The second-order valence-corrected chi connectivity index (χ2v) is 5.83. The average Bonchev–Trinajstić information content (AvgIpc) is 2.56. The molecule has 0 saturated carbocycles. The number of amides is 2. The van der Waals surface area contributed by atoms with E-state index in [9.17, 15) is 18.4 Å². The third-order valence-electron chi connectivity index (χ3n) is 3.55. The fourth-order valence-corrected chi connectivity index (χ4v) is 2.40. The van der Waals surface area contributed by atoms with Crippen LogP contribution in [0.3, 0.4) is 0 Å². The highest BCUT2D eigenvalue weighted by atomic mass is 35.5. The van der Waals surface area contributed by atoms with E-state index < -0.39 is 23.2 Å². The van der Waals surface area contributed by atoms with Crippen LogP contribution in [0.15, 0.2) is 42.5 Å². The predicted molar refractivity (Wildman–Crippen MR) is 92.3 cm³/mol. The van der Waals surface area contributed by atoms with Crippen molar-refractivity contribution in [3.63, 3.8) is 0 Å². The number of anilines is 1. The van der Waals surface area contributed by atoms with E-state index in [0.717, 1.165) is 22.6 Å². The zero-order valence-corrected chi connectivity index (χ0v) is 14.3. The van der Waals surface area contributed by atoms with Crippen LogP contribution in [0.25, 0.3) is 0 Å². The summed E-state index contributed by atoms with van der Waals surface area (Å²) in [6, 6.07) is 10.3. The molecule has 0 fully saturated rings. The van der Waals surface area contributed by atoms with Crippen molar-refractivity contribution in [2.75, 3.05) is 11.4 Å². The SMILES string of the molecule is CC(=O)N(CCC(=O)NCc1ccc(Cl)cc1)c1c(F)cccc1F. The van der Waals surface area contributed by atoms with Crippen molar-refractivity contribution in [1.82, 2.24) is 5.32 Å². The Hall–Kier alpha value is -2.47. The maximum Gasteiger partial charge on any atom is 0.224 e. The van der Waals surface area contributed by atoms with Gasteiger partial charge in [-0.2, -0.15) is 0 Å². The summed E-state index contributed by atoms with van der Waals surface area (Å²) < 4.78 is 27.7. The molecule has 0 atom stereocenters. The molecule has 25 heavy (non-hydrogen) atoms. The number of carbonyl (C=O) groups excluding carboxylic acids is 2. The van der Waals surface area contributed by atoms with Crippen molar-refractivity contribution in [2.45, 2.75) is 19.9 Å². The van der Waals surface area contributed by atoms with Crippen molar-refractivity contribution in [3.8, 4) is 0 Å². The number of rotatable bonds is 6. The second-order valence-electron chi connectivity index (χ2n) is 5.39. The van der Waals surface area contributed by atoms with Crippen molar-refractivity contribution in [1.29, 1.82) is 0 Å². The fraction of sp³-hybridized carbons (Fsp3) is 0.222. The van der Waals surface area contributed by atoms with Crippen LogP contribution in [0.2, 0.25) is 5.02 Å². The molecule has 2 rings (SSSR count). The molecule has 0 unspecified atom stereocenters. The quantitative estimate of drug-likeness (QED) is 0.847. The van der Waals surface area contributed by atoms with Gasteiger partial charge in [-0.3, -0.25) is 9.59 Å². The molecule has 0 saturated heterocycles. The van der Waals surface area contributed by atoms with Gasteiger partial charge in [-0.05, 0) is 29.8 Å². The number of benzene rings is 2. The van der Waals surface area contributed by atoms with Gasteiger partial charge in [0, 0.05) is 31.5 Å². The lowest BCUT2D eigenvalue weighted by molar-refractivity contribution is -0.121. The summed E-state index contributed by atoms with van der Waals surface area (Å²) in [4.78, 5) is 24.6. The lowest BCUT2D eigenvalue weighted by atomic mass is 10.2. The van der Waals surface area contributed by atoms with Crippen LogP contribution in [0.4, 0.5) is 14.5 Å². The van der Waals surface area contributed by atoms with Crippen LogP contribution >= 0.6 is 11.6 Å². The third kappa shape index (κ3) is 5.26. The number of hydrogen-bond donors (Lipinski definition) is 1. The molecule has 2 aromatic rings. The van der Waals surface area contributed by atoms with Crippen LogP contribution in [0.5, 0.6) is 0 Å². The summed E-state index contributed by atoms with van der Waals surface area (Å²) in [5.41, 5.74) is 0.418. The molecule has 2 aromatic carbocycles. The maximum absolute atomic E-state index is 13.8. The van der Waals surface area contributed by atoms with Gasteiger partial charge >= 0.3 is 0 Å². The number of para-hydroxylation sites is 1. The van der Waals surface area contributed by atoms with E-state index >= 15 is 0 Å². The minimum atomic E-state index is -0.850. The van der Waals surface area contributed by atoms with E-state index in [4.69, 9.17) is 11.6 Å². The first kappa shape index (κ1) is 18.9. The summed E-state index contributed by atoms with van der Waals surface area (Å²) >= 11 is 5.79. The van der Waals surface area contributed by atoms with Crippen molar-refractivity contribution >= 4 is 29.1 Å². The van der Waals surface area contributed by atoms with E-state index in [1.165, 1.54) is 13.0 Å². The maximum atomic E-state index is 13.8. The van der Waals surface area contributed by atoms with Gasteiger partial charge in [-0.15, -0.1) is 0 Å². The molecule has 4 nitrogen and oxygen atoms in total. The molecule has 0 bridgehead atoms. The minimum Gasteiger partial charge on any atom is -0.352 e. The van der Waals surface area contributed by atoms with E-state index in [2.05, 4.69) is 5.32 Å². The van der Waals surface area contributed by atoms with Gasteiger partial charge in [-0.1, -0.05) is 29.8 Å². The third-order valence-corrected chi connectivity index (χ3v) is 3.80. The smallest absolute Gasteiger partial charge is 0.224 e. The van der Waals surface area contributed by atoms with Crippen LogP contribution < -0.4 is 10.2 Å². The van der Waals surface area contributed by atoms with E-state index in [1.807, 2.05) is 0 Å². The Morgan fingerprint density at radius 1 is 1.08 bits per heavy atom. The Balaban J connectivity index is 1.96. The van der Waals surface area contributed by atoms with Gasteiger partial charge in [0.15, 0.2) is 0 Å². The number of halogens is 3. The van der Waals surface area contributed by atoms with Gasteiger partial charge in [0.2, 0.25) is 11.8 Å². The van der Waals surface area contributed by atoms with E-state index in [-0.39, 0.29) is 18.9 Å². The monoisotopic (exact) mass is 366 g/mol. The van der Waals surface area contributed by atoms with Gasteiger partial charge in [0.1, 0.15) is 17.3 Å². The zero-order chi connectivity index (χ0) is 18.4. The Morgan fingerprint density at radius 3 is 2.24 bits per heavy atom. The Morgan fingerprint density at radius 2 is 1.68 bits per heavy atom. The molecule has 0 aliphatic heterocycles. The second kappa shape index (κ2) is 8.58. The van der Waals surface area contributed by atoms with Crippen molar-refractivity contribution < 1.29 is 18.4 Å². The van der Waals surface area contributed by atoms with E-state index in [0.29, 0.717) is 11.6 Å². The molecule has 132 valence electrons. The van der Waals surface area contributed by atoms with Crippen LogP contribution in [0.1, 0.15) is 18.9 Å². The molecule has 7 heteroatoms. The predicted octanol–water partition coefficient (Wildman–Crippen LogP) is 3.68. The largest absolute Gasteiger partial charge is 0.352 e. The number of carbonyl (C=O) groups is 2. The highest BCUT2D eigenvalue weighted by molar-refractivity contribution is 6.30. The number of nitrogens with zero attached hydrogens (tertiary/aromatic N) is 1. The number of nitrogens with one attached hydrogen (secondary N) is 1. The molecule has 0 heterocycles. The van der Waals surface area contributed by atoms with Crippen molar-refractivity contribution in [2.24, 2.45) is 0 Å². The summed E-state index contributed by atoms with van der Waals surface area (Å²) in [5.74, 6) is -2.58. The highest BCUT2D eigenvalue weighted by Gasteiger charge is 2.20. The minimum absolute atomic E-state index is 0.0824. The van der Waals surface area contributed by atoms with E-state index in [1.54, 1.807) is 24.3 Å². The van der Waals surface area contributed by atoms with Gasteiger partial charge in [0.05, 0.1) is 0 Å². The molecule has 2 amide bonds. The van der Waals surface area contributed by atoms with Crippen LogP contribution in [-0.4, -0.2) is 18.4 Å². The summed E-state index contributed by atoms with van der Waals surface area (Å²) in [7, 11) is 0. The standard InChI is InChI=1S/C18H17ClF2N2O2/c1-12(24)23(18-15(20)3-2-4-16(18)21)10-9-17(25)22-11-13-5-7-14(19)8-6-13/h2-8H,9-11H2,1H3,(H,22,25). The van der Waals surface area contributed by atoms with Gasteiger partial charge in [-0.25, -0.2) is 8.78 Å². The molecule has 1 N–H and O–H groups in total. The average molecular weight is 367 g/mol. The van der Waals surface area contributed by atoms with Crippen molar-refractivity contribution in [3.05, 3.63) is 64.7 Å². The number of hydrogen-bond acceptors (Lipinski definition) is 2. The first-order chi connectivity index (χ1) is 11.9. The highest BCUT2D eigenvalue weighted by Crippen LogP contribution is 2.23. The Labute approximate surface area is 149 Å². The fourth-order valence-electron chi connectivity index (χ4n) is 2.28. The van der Waals surface area contributed by atoms with Crippen LogP contribution in [-0.2, 0) is 16.1 Å². The molecular weight excluding hydrogens is 350 g/mol. The molecule has 0 spiro atoms. The van der Waals surface area contributed by atoms with Crippen LogP contribution in [0, 0.1) is 11.6 Å². The Bertz CT molecular complexity index is 746. The first-order valence-electron chi connectivity index (χ1n) is 7.61.